The van der Waals surface area contributed by atoms with Gasteiger partial charge in [0, 0.05) is 6.54 Å². The predicted molar refractivity (Wildman–Crippen MR) is 111 cm³/mol. The number of hydrogen-bond acceptors (Lipinski definition) is 3. The van der Waals surface area contributed by atoms with Gasteiger partial charge in [0.2, 0.25) is 15.9 Å². The number of aryl methyl sites for hydroxylation is 3. The number of hydrogen-bond donors (Lipinski definition) is 1. The molecule has 2 aromatic rings. The second kappa shape index (κ2) is 9.04. The third-order valence-corrected chi connectivity index (χ3v) is 5.74. The minimum atomic E-state index is -3.56. The summed E-state index contributed by atoms with van der Waals surface area (Å²) >= 11 is 0. The van der Waals surface area contributed by atoms with Gasteiger partial charge in [-0.05, 0) is 56.4 Å². The fourth-order valence-corrected chi connectivity index (χ4v) is 3.76. The van der Waals surface area contributed by atoms with Gasteiger partial charge in [-0.15, -0.1) is 0 Å². The highest BCUT2D eigenvalue weighted by molar-refractivity contribution is 7.92. The Morgan fingerprint density at radius 1 is 1.04 bits per heavy atom. The Balaban J connectivity index is 1.94. The van der Waals surface area contributed by atoms with E-state index < -0.39 is 10.0 Å². The van der Waals surface area contributed by atoms with Gasteiger partial charge in [-0.25, -0.2) is 8.42 Å². The zero-order chi connectivity index (χ0) is 20.0. The van der Waals surface area contributed by atoms with E-state index in [4.69, 9.17) is 0 Å². The van der Waals surface area contributed by atoms with E-state index >= 15 is 0 Å². The number of sulfonamides is 1. The first kappa shape index (κ1) is 21.0. The molecule has 0 saturated carbocycles. The molecule has 1 N–H and O–H groups in total. The average molecular weight is 389 g/mol. The molecule has 146 valence electrons. The molecule has 0 radical (unpaired) electrons. The smallest absolute Gasteiger partial charge is 0.240 e. The Labute approximate surface area is 162 Å². The van der Waals surface area contributed by atoms with Gasteiger partial charge in [-0.1, -0.05) is 42.0 Å². The van der Waals surface area contributed by atoms with Crippen molar-refractivity contribution in [2.24, 2.45) is 0 Å². The zero-order valence-electron chi connectivity index (χ0n) is 16.5. The van der Waals surface area contributed by atoms with Crippen LogP contribution in [0.5, 0.6) is 0 Å². The van der Waals surface area contributed by atoms with Gasteiger partial charge in [-0.2, -0.15) is 0 Å². The lowest BCUT2D eigenvalue weighted by Gasteiger charge is -2.24. The van der Waals surface area contributed by atoms with Gasteiger partial charge in [0.1, 0.15) is 6.54 Å². The summed E-state index contributed by atoms with van der Waals surface area (Å²) < 4.78 is 25.6. The molecule has 2 rings (SSSR count). The Bertz CT molecular complexity index is 890. The molecule has 2 aromatic carbocycles. The van der Waals surface area contributed by atoms with Gasteiger partial charge in [0.05, 0.1) is 11.9 Å². The first-order valence-corrected chi connectivity index (χ1v) is 10.9. The molecular weight excluding hydrogens is 360 g/mol. The summed E-state index contributed by atoms with van der Waals surface area (Å²) in [7, 11) is -3.56. The van der Waals surface area contributed by atoms with Gasteiger partial charge in [0.15, 0.2) is 0 Å². The summed E-state index contributed by atoms with van der Waals surface area (Å²) in [6.45, 7) is 6.13. The van der Waals surface area contributed by atoms with Crippen molar-refractivity contribution in [3.05, 3.63) is 64.7 Å². The number of benzene rings is 2. The van der Waals surface area contributed by atoms with Crippen LogP contribution in [0.25, 0.3) is 0 Å². The van der Waals surface area contributed by atoms with E-state index in [9.17, 15) is 13.2 Å². The molecule has 5 nitrogen and oxygen atoms in total. The Hall–Kier alpha value is -2.34. The van der Waals surface area contributed by atoms with E-state index in [0.717, 1.165) is 30.2 Å². The van der Waals surface area contributed by atoms with E-state index in [1.807, 2.05) is 26.8 Å². The Kier molecular flexibility index (Phi) is 7.02. The molecule has 27 heavy (non-hydrogen) atoms. The monoisotopic (exact) mass is 388 g/mol. The van der Waals surface area contributed by atoms with Crippen LogP contribution in [0.2, 0.25) is 0 Å². The molecule has 0 aliphatic carbocycles. The van der Waals surface area contributed by atoms with Crippen molar-refractivity contribution in [2.75, 3.05) is 23.7 Å². The number of nitrogens with one attached hydrogen (secondary N) is 1. The van der Waals surface area contributed by atoms with E-state index in [1.165, 1.54) is 15.4 Å². The summed E-state index contributed by atoms with van der Waals surface area (Å²) in [6.07, 6.45) is 2.80. The number of rotatable bonds is 8. The molecular formula is C21H28N2O3S. The lowest BCUT2D eigenvalue weighted by atomic mass is 10.1. The lowest BCUT2D eigenvalue weighted by Crippen LogP contribution is -2.41. The van der Waals surface area contributed by atoms with Crippen molar-refractivity contribution < 1.29 is 13.2 Å². The van der Waals surface area contributed by atoms with Gasteiger partial charge >= 0.3 is 0 Å². The van der Waals surface area contributed by atoms with E-state index in [-0.39, 0.29) is 12.5 Å². The maximum absolute atomic E-state index is 12.3. The minimum Gasteiger partial charge on any atom is -0.355 e. The fraction of sp³-hybridized carbons (Fsp3) is 0.381. The summed E-state index contributed by atoms with van der Waals surface area (Å²) in [5.41, 5.74) is 4.84. The minimum absolute atomic E-state index is 0.215. The largest absolute Gasteiger partial charge is 0.355 e. The first-order chi connectivity index (χ1) is 12.7. The Morgan fingerprint density at radius 3 is 2.33 bits per heavy atom. The molecule has 0 aliphatic heterocycles. The fourth-order valence-electron chi connectivity index (χ4n) is 2.85. The Morgan fingerprint density at radius 2 is 1.70 bits per heavy atom. The normalized spacial score (nSPS) is 11.3. The van der Waals surface area contributed by atoms with Gasteiger partial charge in [0.25, 0.3) is 0 Å². The van der Waals surface area contributed by atoms with Crippen molar-refractivity contribution in [3.8, 4) is 0 Å². The number of carbonyl (C=O) groups is 1. The van der Waals surface area contributed by atoms with Crippen molar-refractivity contribution >= 4 is 21.6 Å². The molecule has 0 atom stereocenters. The number of carbonyl (C=O) groups excluding carboxylic acids is 1. The standard InChI is InChI=1S/C21H28N2O3S/c1-16-10-12-19(13-11-16)8-6-14-22-21(24)15-23(27(4,25)26)20-9-5-7-17(2)18(20)3/h5,7,9-13H,6,8,14-15H2,1-4H3,(H,22,24). The maximum Gasteiger partial charge on any atom is 0.240 e. The van der Waals surface area contributed by atoms with Crippen LogP contribution in [0.3, 0.4) is 0 Å². The molecule has 0 heterocycles. The van der Waals surface area contributed by atoms with Crippen LogP contribution in [0, 0.1) is 20.8 Å². The van der Waals surface area contributed by atoms with Crippen molar-refractivity contribution in [2.45, 2.75) is 33.6 Å². The molecule has 0 bridgehead atoms. The molecule has 1 amide bonds. The highest BCUT2D eigenvalue weighted by Crippen LogP contribution is 2.24. The van der Waals surface area contributed by atoms with E-state index in [0.29, 0.717) is 12.2 Å². The van der Waals surface area contributed by atoms with Crippen LogP contribution in [-0.4, -0.2) is 33.7 Å². The topological polar surface area (TPSA) is 66.5 Å². The van der Waals surface area contributed by atoms with Crippen LogP contribution in [0.15, 0.2) is 42.5 Å². The first-order valence-electron chi connectivity index (χ1n) is 9.04. The van der Waals surface area contributed by atoms with Crippen LogP contribution < -0.4 is 9.62 Å². The molecule has 0 unspecified atom stereocenters. The average Bonchev–Trinajstić information content (AvgIpc) is 2.60. The molecule has 0 fully saturated rings. The van der Waals surface area contributed by atoms with E-state index in [2.05, 4.69) is 29.6 Å². The van der Waals surface area contributed by atoms with Crippen LogP contribution in [-0.2, 0) is 21.2 Å². The molecule has 0 spiro atoms. The van der Waals surface area contributed by atoms with Gasteiger partial charge < -0.3 is 5.32 Å². The molecule has 0 aromatic heterocycles. The highest BCUT2D eigenvalue weighted by Gasteiger charge is 2.22. The van der Waals surface area contributed by atoms with Crippen LogP contribution in [0.4, 0.5) is 5.69 Å². The summed E-state index contributed by atoms with van der Waals surface area (Å²) in [5, 5.41) is 2.83. The van der Waals surface area contributed by atoms with Gasteiger partial charge in [-0.3, -0.25) is 9.10 Å². The lowest BCUT2D eigenvalue weighted by molar-refractivity contribution is -0.119. The highest BCUT2D eigenvalue weighted by atomic mass is 32.2. The quantitative estimate of drug-likeness (QED) is 0.707. The predicted octanol–water partition coefficient (Wildman–Crippen LogP) is 3.13. The summed E-state index contributed by atoms with van der Waals surface area (Å²) in [4.78, 5) is 12.3. The van der Waals surface area contributed by atoms with Crippen LogP contribution in [0.1, 0.15) is 28.7 Å². The summed E-state index contributed by atoms with van der Waals surface area (Å²) in [5.74, 6) is -0.301. The SMILES string of the molecule is Cc1ccc(CCCNC(=O)CN(c2cccc(C)c2C)S(C)(=O)=O)cc1. The van der Waals surface area contributed by atoms with Crippen molar-refractivity contribution in [1.29, 1.82) is 0 Å². The maximum atomic E-state index is 12.3. The zero-order valence-corrected chi connectivity index (χ0v) is 17.3. The van der Waals surface area contributed by atoms with Crippen molar-refractivity contribution in [3.63, 3.8) is 0 Å². The number of nitrogens with zero attached hydrogens (tertiary/aromatic N) is 1. The van der Waals surface area contributed by atoms with Crippen LogP contribution >= 0.6 is 0 Å². The number of amides is 1. The van der Waals surface area contributed by atoms with E-state index in [1.54, 1.807) is 12.1 Å². The molecule has 0 saturated heterocycles. The second-order valence-corrected chi connectivity index (χ2v) is 8.83. The summed E-state index contributed by atoms with van der Waals surface area (Å²) in [6, 6.07) is 13.8. The molecule has 0 aliphatic rings. The number of anilines is 1. The second-order valence-electron chi connectivity index (χ2n) is 6.93. The van der Waals surface area contributed by atoms with Crippen molar-refractivity contribution in [1.82, 2.24) is 5.32 Å². The third kappa shape index (κ3) is 6.10. The molecule has 6 heteroatoms. The third-order valence-electron chi connectivity index (χ3n) is 4.62.